The first-order valence-corrected chi connectivity index (χ1v) is 18.0. The number of halogens is 3. The van der Waals surface area contributed by atoms with Gasteiger partial charge in [-0.3, -0.25) is 19.3 Å². The van der Waals surface area contributed by atoms with E-state index in [9.17, 15) is 31.5 Å². The summed E-state index contributed by atoms with van der Waals surface area (Å²) in [6.45, 7) is 6.95. The highest BCUT2D eigenvalue weighted by molar-refractivity contribution is 7.99. The molecular formula is C29H41F3N6O5S2. The van der Waals surface area contributed by atoms with Crippen molar-refractivity contribution in [1.82, 2.24) is 29.2 Å². The number of sulfonamides is 1. The van der Waals surface area contributed by atoms with Gasteiger partial charge in [-0.25, -0.2) is 8.42 Å². The number of aliphatic hydroxyl groups is 1. The molecule has 16 heteroatoms. The van der Waals surface area contributed by atoms with E-state index in [1.54, 1.807) is 4.68 Å². The number of benzene rings is 1. The number of fused-ring (bicyclic) bond motifs is 1. The molecule has 45 heavy (non-hydrogen) atoms. The minimum atomic E-state index is -4.54. The average molecular weight is 675 g/mol. The Morgan fingerprint density at radius 3 is 2.62 bits per heavy atom. The molecule has 0 spiro atoms. The second-order valence-corrected chi connectivity index (χ2v) is 15.0. The fourth-order valence-corrected chi connectivity index (χ4v) is 8.13. The van der Waals surface area contributed by atoms with E-state index in [0.29, 0.717) is 61.8 Å². The number of carbonyl (C=O) groups is 1. The largest absolute Gasteiger partial charge is 0.417 e. The van der Waals surface area contributed by atoms with Crippen LogP contribution in [0.2, 0.25) is 0 Å². The highest BCUT2D eigenvalue weighted by Gasteiger charge is 2.35. The van der Waals surface area contributed by atoms with Crippen molar-refractivity contribution < 1.29 is 36.2 Å². The highest BCUT2D eigenvalue weighted by Crippen LogP contribution is 2.40. The van der Waals surface area contributed by atoms with E-state index < -0.39 is 27.9 Å². The van der Waals surface area contributed by atoms with E-state index in [2.05, 4.69) is 15.1 Å². The van der Waals surface area contributed by atoms with Crippen LogP contribution in [-0.4, -0.2) is 126 Å². The molecule has 1 aromatic carbocycles. The number of alkyl halides is 3. The van der Waals surface area contributed by atoms with Crippen molar-refractivity contribution in [1.29, 1.82) is 0 Å². The number of aromatic nitrogens is 2. The number of morpholine rings is 1. The first kappa shape index (κ1) is 34.1. The molecule has 2 fully saturated rings. The second-order valence-electron chi connectivity index (χ2n) is 11.9. The van der Waals surface area contributed by atoms with Gasteiger partial charge < -0.3 is 15.2 Å². The zero-order chi connectivity index (χ0) is 32.4. The zero-order valence-electron chi connectivity index (χ0n) is 25.6. The quantitative estimate of drug-likeness (QED) is 0.345. The Morgan fingerprint density at radius 1 is 1.18 bits per heavy atom. The molecule has 1 amide bonds. The van der Waals surface area contributed by atoms with Crippen molar-refractivity contribution in [2.45, 2.75) is 56.1 Å². The summed E-state index contributed by atoms with van der Waals surface area (Å²) < 4.78 is 75.4. The van der Waals surface area contributed by atoms with Crippen LogP contribution in [0, 0.1) is 0 Å². The summed E-state index contributed by atoms with van der Waals surface area (Å²) in [4.78, 5) is 15.8. The van der Waals surface area contributed by atoms with Gasteiger partial charge in [-0.2, -0.15) is 22.6 Å². The number of carbonyl (C=O) groups excluding carboxylic acids is 1. The molecule has 2 unspecified atom stereocenters. The first-order valence-electron chi connectivity index (χ1n) is 15.1. The summed E-state index contributed by atoms with van der Waals surface area (Å²) >= 11 is 1.14. The molecule has 2 N–H and O–H groups in total. The Hall–Kier alpha value is -2.21. The van der Waals surface area contributed by atoms with E-state index in [4.69, 9.17) is 9.84 Å². The third-order valence-corrected chi connectivity index (χ3v) is 10.7. The van der Waals surface area contributed by atoms with Crippen LogP contribution < -0.4 is 5.32 Å². The molecule has 11 nitrogen and oxygen atoms in total. The van der Waals surface area contributed by atoms with Crippen LogP contribution >= 0.6 is 11.8 Å². The molecule has 2 aromatic rings. The predicted molar refractivity (Wildman–Crippen MR) is 164 cm³/mol. The molecule has 3 aliphatic heterocycles. The molecule has 3 aliphatic rings. The fraction of sp³-hybridized carbons (Fsp3) is 0.655. The van der Waals surface area contributed by atoms with E-state index in [1.807, 2.05) is 0 Å². The number of amides is 1. The van der Waals surface area contributed by atoms with Gasteiger partial charge in [0.2, 0.25) is 15.9 Å². The molecule has 250 valence electrons. The summed E-state index contributed by atoms with van der Waals surface area (Å²) in [5.41, 5.74) is 1.57. The Kier molecular flexibility index (Phi) is 10.8. The number of thioether (sulfide) groups is 1. The molecule has 0 radical (unpaired) electrons. The van der Waals surface area contributed by atoms with Gasteiger partial charge >= 0.3 is 6.18 Å². The highest BCUT2D eigenvalue weighted by atomic mass is 32.2. The minimum Gasteiger partial charge on any atom is -0.390 e. The third-order valence-electron chi connectivity index (χ3n) is 8.43. The summed E-state index contributed by atoms with van der Waals surface area (Å²) in [5, 5.41) is 18.7. The molecule has 0 bridgehead atoms. The third kappa shape index (κ3) is 8.78. The fourth-order valence-electron chi connectivity index (χ4n) is 6.22. The number of β-amino-alcohol motifs (C(OH)–C–C–N with tert-alkyl or cyclic N) is 1. The first-order chi connectivity index (χ1) is 21.3. The van der Waals surface area contributed by atoms with Gasteiger partial charge in [0.15, 0.2) is 0 Å². The lowest BCUT2D eigenvalue weighted by molar-refractivity contribution is -0.139. The topological polar surface area (TPSA) is 120 Å². The van der Waals surface area contributed by atoms with Crippen molar-refractivity contribution in [3.05, 3.63) is 35.0 Å². The number of hydrogen-bond donors (Lipinski definition) is 2. The van der Waals surface area contributed by atoms with Crippen LogP contribution in [0.1, 0.15) is 30.2 Å². The van der Waals surface area contributed by atoms with Crippen molar-refractivity contribution >= 4 is 27.7 Å². The van der Waals surface area contributed by atoms with Crippen LogP contribution in [0.4, 0.5) is 13.2 Å². The summed E-state index contributed by atoms with van der Waals surface area (Å²) in [6, 6.07) is 4.00. The Bertz CT molecular complexity index is 1460. The molecule has 1 aromatic heterocycles. The van der Waals surface area contributed by atoms with Gasteiger partial charge in [-0.1, -0.05) is 6.07 Å². The van der Waals surface area contributed by atoms with E-state index >= 15 is 0 Å². The molecule has 4 heterocycles. The number of rotatable bonds is 11. The van der Waals surface area contributed by atoms with Crippen LogP contribution in [0.3, 0.4) is 0 Å². The molecule has 2 atom stereocenters. The SMILES string of the molecule is CC(=O)NC1CCN(CC(O)Cn2nc(-c3ccc(C(F)(F)F)c(SCCN4CCOCC4)c3)c3c2CCN(S(C)(=O)=O)C3)C1. The van der Waals surface area contributed by atoms with Gasteiger partial charge in [0.05, 0.1) is 43.4 Å². The number of nitrogens with one attached hydrogen (secondary N) is 1. The zero-order valence-corrected chi connectivity index (χ0v) is 27.2. The maximum atomic E-state index is 14.0. The Morgan fingerprint density at radius 2 is 1.93 bits per heavy atom. The molecule has 0 aliphatic carbocycles. The maximum Gasteiger partial charge on any atom is 0.417 e. The van der Waals surface area contributed by atoms with Gasteiger partial charge in [-0.15, -0.1) is 11.8 Å². The van der Waals surface area contributed by atoms with Crippen molar-refractivity contribution in [3.8, 4) is 11.3 Å². The molecule has 5 rings (SSSR count). The molecule has 0 saturated carbocycles. The van der Waals surface area contributed by atoms with Gasteiger partial charge in [0.25, 0.3) is 0 Å². The van der Waals surface area contributed by atoms with Crippen LogP contribution in [0.5, 0.6) is 0 Å². The predicted octanol–water partition coefficient (Wildman–Crippen LogP) is 1.88. The van der Waals surface area contributed by atoms with E-state index in [0.717, 1.165) is 55.8 Å². The molecule has 2 saturated heterocycles. The number of nitrogens with zero attached hydrogens (tertiary/aromatic N) is 5. The van der Waals surface area contributed by atoms with E-state index in [1.165, 1.54) is 23.4 Å². The lowest BCUT2D eigenvalue weighted by Crippen LogP contribution is -2.39. The minimum absolute atomic E-state index is 0.0290. The summed E-state index contributed by atoms with van der Waals surface area (Å²) in [7, 11) is -3.52. The van der Waals surface area contributed by atoms with Gasteiger partial charge in [-0.05, 0) is 18.6 Å². The maximum absolute atomic E-state index is 14.0. The van der Waals surface area contributed by atoms with Gasteiger partial charge in [0, 0.05) is 99.2 Å². The normalized spacial score (nSPS) is 21.2. The van der Waals surface area contributed by atoms with Crippen LogP contribution in [0.25, 0.3) is 11.3 Å². The number of hydrogen-bond acceptors (Lipinski definition) is 9. The van der Waals surface area contributed by atoms with Crippen LogP contribution in [-0.2, 0) is 45.2 Å². The van der Waals surface area contributed by atoms with Crippen molar-refractivity contribution in [2.24, 2.45) is 0 Å². The lowest BCUT2D eigenvalue weighted by atomic mass is 10.0. The number of aliphatic hydroxyl groups excluding tert-OH is 1. The lowest BCUT2D eigenvalue weighted by Gasteiger charge is -2.26. The Balaban J connectivity index is 1.40. The van der Waals surface area contributed by atoms with Crippen molar-refractivity contribution in [3.63, 3.8) is 0 Å². The van der Waals surface area contributed by atoms with Gasteiger partial charge in [0.1, 0.15) is 0 Å². The molecular weight excluding hydrogens is 633 g/mol. The summed E-state index contributed by atoms with van der Waals surface area (Å²) in [5.74, 6) is 0.370. The summed E-state index contributed by atoms with van der Waals surface area (Å²) in [6.07, 6.45) is -3.06. The van der Waals surface area contributed by atoms with Crippen molar-refractivity contribution in [2.75, 3.05) is 71.0 Å². The smallest absolute Gasteiger partial charge is 0.390 e. The number of likely N-dealkylation sites (tertiary alicyclic amines) is 1. The van der Waals surface area contributed by atoms with E-state index in [-0.39, 0.29) is 36.5 Å². The second kappa shape index (κ2) is 14.3. The van der Waals surface area contributed by atoms with Crippen LogP contribution in [0.15, 0.2) is 23.1 Å². The average Bonchev–Trinajstić information content (AvgIpc) is 3.55. The Labute approximate surface area is 266 Å². The monoisotopic (exact) mass is 674 g/mol. The number of ether oxygens (including phenoxy) is 1. The standard InChI is InChI=1S/C29H41F3N6O5S2/c1-20(39)33-22-5-7-36(16-22)17-23(40)18-38-26-6-8-37(45(2,41)42)19-24(26)28(34-38)21-3-4-25(29(30,31)32)27(15-21)44-14-11-35-9-12-43-13-10-35/h3-4,15,22-23,40H,5-14,16-19H2,1-2H3,(H,33,39).